The van der Waals surface area contributed by atoms with Crippen LogP contribution >= 0.6 is 11.8 Å². The Morgan fingerprint density at radius 3 is 2.00 bits per heavy atom. The summed E-state index contributed by atoms with van der Waals surface area (Å²) in [6.45, 7) is 3.58. The average molecular weight is 500 g/mol. The molecule has 0 radical (unpaired) electrons. The van der Waals surface area contributed by atoms with Gasteiger partial charge in [0.25, 0.3) is 5.89 Å². The Kier molecular flexibility index (Phi) is 6.85. The Morgan fingerprint density at radius 2 is 1.36 bits per heavy atom. The summed E-state index contributed by atoms with van der Waals surface area (Å²) in [5.41, 5.74) is 1.93. The highest BCUT2D eigenvalue weighted by molar-refractivity contribution is 7.99. The Morgan fingerprint density at radius 1 is 0.778 bits per heavy atom. The average Bonchev–Trinajstić information content (AvgIpc) is 3.61. The van der Waals surface area contributed by atoms with Crippen molar-refractivity contribution in [3.63, 3.8) is 0 Å². The van der Waals surface area contributed by atoms with Crippen molar-refractivity contribution in [1.29, 1.82) is 0 Å². The zero-order valence-electron chi connectivity index (χ0n) is 19.4. The number of nitrogens with zero attached hydrogens (tertiary/aromatic N) is 5. The van der Waals surface area contributed by atoms with Crippen LogP contribution in [0.15, 0.2) is 92.9 Å². The van der Waals surface area contributed by atoms with E-state index in [-0.39, 0.29) is 11.1 Å². The van der Waals surface area contributed by atoms with E-state index in [1.54, 1.807) is 25.3 Å². The summed E-state index contributed by atoms with van der Waals surface area (Å²) in [5.74, 6) is 0.862. The zero-order valence-corrected chi connectivity index (χ0v) is 20.3. The molecule has 9 nitrogen and oxygen atoms in total. The van der Waals surface area contributed by atoms with Crippen molar-refractivity contribution in [2.75, 3.05) is 0 Å². The number of pyridine rings is 1. The largest absolute Gasteiger partial charge is 0.449 e. The number of hydrogen-bond acceptors (Lipinski definition) is 10. The first-order chi connectivity index (χ1) is 17.6. The molecule has 3 aromatic heterocycles. The molecule has 36 heavy (non-hydrogen) atoms. The van der Waals surface area contributed by atoms with Crippen LogP contribution in [-0.2, 0) is 4.74 Å². The summed E-state index contributed by atoms with van der Waals surface area (Å²) in [7, 11) is 0. The van der Waals surface area contributed by atoms with E-state index in [4.69, 9.17) is 13.6 Å². The number of hydrogen-bond donors (Lipinski definition) is 0. The smallest absolute Gasteiger partial charge is 0.341 e. The summed E-state index contributed by atoms with van der Waals surface area (Å²) in [6.07, 6.45) is 0.866. The fourth-order valence-corrected chi connectivity index (χ4v) is 4.26. The monoisotopic (exact) mass is 499 g/mol. The first-order valence-corrected chi connectivity index (χ1v) is 12.1. The summed E-state index contributed by atoms with van der Waals surface area (Å²) >= 11 is 1.32. The second-order valence-electron chi connectivity index (χ2n) is 7.79. The van der Waals surface area contributed by atoms with Crippen LogP contribution in [0, 0.1) is 0 Å². The highest BCUT2D eigenvalue weighted by atomic mass is 32.2. The fraction of sp³-hybridized carbons (Fsp3) is 0.154. The second kappa shape index (κ2) is 10.5. The van der Waals surface area contributed by atoms with Crippen LogP contribution in [0.3, 0.4) is 0 Å². The molecule has 0 spiro atoms. The number of carbonyl (C=O) groups is 1. The van der Waals surface area contributed by atoms with E-state index in [1.807, 2.05) is 67.6 Å². The van der Waals surface area contributed by atoms with Gasteiger partial charge in [0.1, 0.15) is 5.03 Å². The molecule has 3 heterocycles. The highest BCUT2D eigenvalue weighted by Gasteiger charge is 2.24. The minimum atomic E-state index is -0.748. The van der Waals surface area contributed by atoms with Gasteiger partial charge in [-0.1, -0.05) is 48.2 Å². The lowest BCUT2D eigenvalue weighted by molar-refractivity contribution is 0.0275. The summed E-state index contributed by atoms with van der Waals surface area (Å²) in [6, 6.07) is 22.2. The Balaban J connectivity index is 1.28. The molecule has 180 valence electrons. The number of thioether (sulfide) groups is 1. The van der Waals surface area contributed by atoms with Crippen LogP contribution < -0.4 is 0 Å². The molecule has 0 aliphatic rings. The molecule has 0 saturated heterocycles. The van der Waals surface area contributed by atoms with E-state index >= 15 is 0 Å². The topological polar surface area (TPSA) is 117 Å². The quantitative estimate of drug-likeness (QED) is 0.187. The number of esters is 1. The molecule has 0 N–H and O–H groups in total. The first kappa shape index (κ1) is 23.4. The number of benzene rings is 2. The normalized spacial score (nSPS) is 12.7. The van der Waals surface area contributed by atoms with E-state index in [9.17, 15) is 4.79 Å². The summed E-state index contributed by atoms with van der Waals surface area (Å²) < 4.78 is 17.2. The highest BCUT2D eigenvalue weighted by Crippen LogP contribution is 2.36. The molecular weight excluding hydrogens is 478 g/mol. The van der Waals surface area contributed by atoms with Gasteiger partial charge in [0.2, 0.25) is 17.7 Å². The second-order valence-corrected chi connectivity index (χ2v) is 9.12. The minimum absolute atomic E-state index is 0.202. The number of ether oxygens (including phenoxy) is 1. The van der Waals surface area contributed by atoms with Crippen LogP contribution in [0.25, 0.3) is 22.9 Å². The van der Waals surface area contributed by atoms with E-state index in [2.05, 4.69) is 25.4 Å². The lowest BCUT2D eigenvalue weighted by atomic mass is 10.2. The van der Waals surface area contributed by atoms with Crippen molar-refractivity contribution in [1.82, 2.24) is 25.4 Å². The van der Waals surface area contributed by atoms with Gasteiger partial charge in [-0.2, -0.15) is 0 Å². The van der Waals surface area contributed by atoms with Crippen LogP contribution in [-0.4, -0.2) is 31.3 Å². The molecule has 0 aliphatic carbocycles. The fourth-order valence-electron chi connectivity index (χ4n) is 3.32. The maximum absolute atomic E-state index is 13.0. The maximum atomic E-state index is 13.0. The van der Waals surface area contributed by atoms with Gasteiger partial charge in [-0.15, -0.1) is 20.4 Å². The lowest BCUT2D eigenvalue weighted by Crippen LogP contribution is -2.11. The van der Waals surface area contributed by atoms with Gasteiger partial charge < -0.3 is 13.6 Å². The standard InChI is InChI=1S/C26H21N5O4S/c1-16(21-28-30-23(34-21)18-10-5-3-6-11-18)33-26(32)20-14-9-15-27-25(20)36-17(2)22-29-31-24(35-22)19-12-7-4-8-13-19/h3-17H,1-2H3. The van der Waals surface area contributed by atoms with Gasteiger partial charge in [-0.25, -0.2) is 9.78 Å². The van der Waals surface area contributed by atoms with Crippen molar-refractivity contribution in [3.8, 4) is 22.9 Å². The van der Waals surface area contributed by atoms with E-state index in [0.717, 1.165) is 11.1 Å². The third kappa shape index (κ3) is 5.18. The maximum Gasteiger partial charge on any atom is 0.341 e. The molecule has 0 aliphatic heterocycles. The van der Waals surface area contributed by atoms with Gasteiger partial charge >= 0.3 is 5.97 Å². The predicted octanol–water partition coefficient (Wildman–Crippen LogP) is 5.95. The third-order valence-corrected chi connectivity index (χ3v) is 6.29. The predicted molar refractivity (Wildman–Crippen MR) is 132 cm³/mol. The van der Waals surface area contributed by atoms with Crippen molar-refractivity contribution in [2.45, 2.75) is 30.2 Å². The van der Waals surface area contributed by atoms with Crippen LogP contribution in [0.4, 0.5) is 0 Å². The van der Waals surface area contributed by atoms with Gasteiger partial charge in [0, 0.05) is 17.3 Å². The van der Waals surface area contributed by atoms with Crippen LogP contribution in [0.2, 0.25) is 0 Å². The molecule has 2 aromatic carbocycles. The molecule has 10 heteroatoms. The minimum Gasteiger partial charge on any atom is -0.449 e. The molecule has 0 bridgehead atoms. The number of rotatable bonds is 8. The van der Waals surface area contributed by atoms with Gasteiger partial charge in [-0.3, -0.25) is 0 Å². The van der Waals surface area contributed by atoms with Crippen molar-refractivity contribution < 1.29 is 18.4 Å². The van der Waals surface area contributed by atoms with Crippen molar-refractivity contribution >= 4 is 17.7 Å². The SMILES string of the molecule is CC(OC(=O)c1cccnc1SC(C)c1nnc(-c2ccccc2)o1)c1nnc(-c2ccccc2)o1. The Bertz CT molecular complexity index is 1460. The summed E-state index contributed by atoms with van der Waals surface area (Å²) in [4.78, 5) is 17.4. The first-order valence-electron chi connectivity index (χ1n) is 11.2. The van der Waals surface area contributed by atoms with Gasteiger partial charge in [0.15, 0.2) is 6.10 Å². The molecule has 5 rings (SSSR count). The van der Waals surface area contributed by atoms with E-state index in [1.165, 1.54) is 11.8 Å². The lowest BCUT2D eigenvalue weighted by Gasteiger charge is -2.13. The molecule has 2 atom stereocenters. The molecule has 0 saturated carbocycles. The number of aromatic nitrogens is 5. The van der Waals surface area contributed by atoms with Crippen LogP contribution in [0.1, 0.15) is 47.3 Å². The van der Waals surface area contributed by atoms with E-state index < -0.39 is 12.1 Å². The van der Waals surface area contributed by atoms with E-state index in [0.29, 0.717) is 28.3 Å². The van der Waals surface area contributed by atoms with Crippen molar-refractivity contribution in [2.24, 2.45) is 0 Å². The Labute approximate surface area is 211 Å². The molecule has 0 amide bonds. The molecule has 5 aromatic rings. The molecular formula is C26H21N5O4S. The zero-order chi connectivity index (χ0) is 24.9. The van der Waals surface area contributed by atoms with Crippen LogP contribution in [0.5, 0.6) is 0 Å². The molecule has 0 fully saturated rings. The third-order valence-electron chi connectivity index (χ3n) is 5.18. The molecule has 2 unspecified atom stereocenters. The Hall–Kier alpha value is -4.31. The summed E-state index contributed by atoms with van der Waals surface area (Å²) in [5, 5.41) is 16.6. The van der Waals surface area contributed by atoms with Gasteiger partial charge in [0.05, 0.1) is 10.8 Å². The van der Waals surface area contributed by atoms with Crippen molar-refractivity contribution in [3.05, 3.63) is 96.3 Å². The van der Waals surface area contributed by atoms with Gasteiger partial charge in [-0.05, 0) is 50.2 Å². The number of carbonyl (C=O) groups excluding carboxylic acids is 1.